The average Bonchev–Trinajstić information content (AvgIpc) is 3.12. The largest absolute Gasteiger partial charge is 0.369 e. The standard InChI is InChI=1S/C24H30BrClN4O3S/c1-17-13-19-14-20(25)15-23(24(19)30(17)18(2)31)34(32,33)27-7-4-8-28-9-11-29(12-10-28)22-6-3-5-21(26)16-22/h3,5-6,14-17,27H,4,7-13H2,1-2H3/t17-/m1/s1. The Morgan fingerprint density at radius 3 is 2.59 bits per heavy atom. The lowest BCUT2D eigenvalue weighted by Crippen LogP contribution is -2.47. The van der Waals surface area contributed by atoms with Crippen LogP contribution in [0.2, 0.25) is 5.02 Å². The molecule has 2 aromatic carbocycles. The molecule has 1 saturated heterocycles. The number of piperazine rings is 1. The van der Waals surface area contributed by atoms with Gasteiger partial charge < -0.3 is 9.80 Å². The van der Waals surface area contributed by atoms with Gasteiger partial charge in [-0.3, -0.25) is 9.69 Å². The van der Waals surface area contributed by atoms with Gasteiger partial charge in [0.15, 0.2) is 0 Å². The SMILES string of the molecule is CC(=O)N1c2c(cc(Br)cc2S(=O)(=O)NCCCN2CCN(c3cccc(Cl)c3)CC2)C[C@H]1C. The molecule has 1 atom stereocenters. The summed E-state index contributed by atoms with van der Waals surface area (Å²) in [6.07, 6.45) is 1.34. The van der Waals surface area contributed by atoms with Crippen LogP contribution in [0.4, 0.5) is 11.4 Å². The maximum Gasteiger partial charge on any atom is 0.242 e. The smallest absolute Gasteiger partial charge is 0.242 e. The van der Waals surface area contributed by atoms with E-state index >= 15 is 0 Å². The Balaban J connectivity index is 1.33. The van der Waals surface area contributed by atoms with E-state index in [1.54, 1.807) is 11.0 Å². The van der Waals surface area contributed by atoms with Crippen molar-refractivity contribution in [2.45, 2.75) is 37.6 Å². The van der Waals surface area contributed by atoms with Crippen molar-refractivity contribution in [2.75, 3.05) is 49.1 Å². The summed E-state index contributed by atoms with van der Waals surface area (Å²) in [7, 11) is -3.76. The van der Waals surface area contributed by atoms with Crippen molar-refractivity contribution in [1.29, 1.82) is 0 Å². The molecule has 0 unspecified atom stereocenters. The normalized spacial score (nSPS) is 18.9. The van der Waals surface area contributed by atoms with Crippen molar-refractivity contribution in [3.63, 3.8) is 0 Å². The minimum atomic E-state index is -3.76. The number of amides is 1. The fourth-order valence-electron chi connectivity index (χ4n) is 4.85. The maximum absolute atomic E-state index is 13.2. The Bertz CT molecular complexity index is 1170. The Morgan fingerprint density at radius 2 is 1.91 bits per heavy atom. The molecule has 1 N–H and O–H groups in total. The van der Waals surface area contributed by atoms with E-state index < -0.39 is 10.0 Å². The van der Waals surface area contributed by atoms with Gasteiger partial charge in [-0.1, -0.05) is 33.6 Å². The number of hydrogen-bond donors (Lipinski definition) is 1. The summed E-state index contributed by atoms with van der Waals surface area (Å²) in [5.74, 6) is -0.151. The third-order valence-electron chi connectivity index (χ3n) is 6.43. The number of nitrogens with one attached hydrogen (secondary N) is 1. The third-order valence-corrected chi connectivity index (χ3v) is 8.60. The van der Waals surface area contributed by atoms with E-state index in [0.29, 0.717) is 29.5 Å². The number of hydrogen-bond acceptors (Lipinski definition) is 5. The quantitative estimate of drug-likeness (QED) is 0.512. The molecule has 184 valence electrons. The highest BCUT2D eigenvalue weighted by atomic mass is 79.9. The molecule has 2 aliphatic heterocycles. The Hall–Kier alpha value is -1.65. The van der Waals surface area contributed by atoms with Crippen LogP contribution in [-0.2, 0) is 21.2 Å². The molecule has 2 heterocycles. The number of anilines is 2. The van der Waals surface area contributed by atoms with E-state index in [1.807, 2.05) is 31.2 Å². The lowest BCUT2D eigenvalue weighted by molar-refractivity contribution is -0.116. The average molecular weight is 570 g/mol. The maximum atomic E-state index is 13.2. The summed E-state index contributed by atoms with van der Waals surface area (Å²) >= 11 is 9.54. The highest BCUT2D eigenvalue weighted by Gasteiger charge is 2.35. The van der Waals surface area contributed by atoms with Crippen LogP contribution in [0.1, 0.15) is 25.8 Å². The van der Waals surface area contributed by atoms with Gasteiger partial charge in [0.1, 0.15) is 4.90 Å². The predicted molar refractivity (Wildman–Crippen MR) is 140 cm³/mol. The van der Waals surface area contributed by atoms with Crippen LogP contribution < -0.4 is 14.5 Å². The van der Waals surface area contributed by atoms with E-state index in [9.17, 15) is 13.2 Å². The number of sulfonamides is 1. The molecule has 7 nitrogen and oxygen atoms in total. The number of halogens is 2. The Labute approximate surface area is 215 Å². The van der Waals surface area contributed by atoms with Gasteiger partial charge in [-0.05, 0) is 62.2 Å². The van der Waals surface area contributed by atoms with Gasteiger partial charge in [-0.15, -0.1) is 0 Å². The topological polar surface area (TPSA) is 73.0 Å². The number of nitrogens with zero attached hydrogens (tertiary/aromatic N) is 3. The summed E-state index contributed by atoms with van der Waals surface area (Å²) in [5.41, 5.74) is 2.51. The van der Waals surface area contributed by atoms with E-state index in [-0.39, 0.29) is 16.8 Å². The van der Waals surface area contributed by atoms with Gasteiger partial charge >= 0.3 is 0 Å². The minimum absolute atomic E-state index is 0.0682. The molecule has 0 radical (unpaired) electrons. The van der Waals surface area contributed by atoms with Crippen molar-refractivity contribution in [1.82, 2.24) is 9.62 Å². The fraction of sp³-hybridized carbons (Fsp3) is 0.458. The van der Waals surface area contributed by atoms with Crippen molar-refractivity contribution in [3.05, 3.63) is 51.5 Å². The van der Waals surface area contributed by atoms with Crippen molar-refractivity contribution in [2.24, 2.45) is 0 Å². The summed E-state index contributed by atoms with van der Waals surface area (Å²) in [6, 6.07) is 11.3. The van der Waals surface area contributed by atoms with Crippen molar-refractivity contribution >= 4 is 54.8 Å². The molecule has 1 fully saturated rings. The first-order valence-corrected chi connectivity index (χ1v) is 14.2. The van der Waals surface area contributed by atoms with E-state index in [0.717, 1.165) is 49.0 Å². The molecule has 0 aliphatic carbocycles. The number of carbonyl (C=O) groups is 1. The van der Waals surface area contributed by atoms with Crippen LogP contribution in [0.5, 0.6) is 0 Å². The van der Waals surface area contributed by atoms with Gasteiger partial charge in [-0.25, -0.2) is 13.1 Å². The Kier molecular flexibility index (Phi) is 7.89. The summed E-state index contributed by atoms with van der Waals surface area (Å²) < 4.78 is 29.8. The monoisotopic (exact) mass is 568 g/mol. The molecule has 0 spiro atoms. The number of carbonyl (C=O) groups excluding carboxylic acids is 1. The predicted octanol–water partition coefficient (Wildman–Crippen LogP) is 3.89. The summed E-state index contributed by atoms with van der Waals surface area (Å²) in [6.45, 7) is 8.24. The molecule has 34 heavy (non-hydrogen) atoms. The van der Waals surface area contributed by atoms with Gasteiger partial charge in [-0.2, -0.15) is 0 Å². The van der Waals surface area contributed by atoms with Crippen LogP contribution in [0.25, 0.3) is 0 Å². The highest BCUT2D eigenvalue weighted by molar-refractivity contribution is 9.10. The van der Waals surface area contributed by atoms with Crippen molar-refractivity contribution in [3.8, 4) is 0 Å². The molecular formula is C24H30BrClN4O3S. The lowest BCUT2D eigenvalue weighted by Gasteiger charge is -2.36. The zero-order valence-corrected chi connectivity index (χ0v) is 22.6. The van der Waals surface area contributed by atoms with Gasteiger partial charge in [0.25, 0.3) is 0 Å². The minimum Gasteiger partial charge on any atom is -0.369 e. The van der Waals surface area contributed by atoms with Crippen LogP contribution in [0, 0.1) is 0 Å². The molecular weight excluding hydrogens is 540 g/mol. The van der Waals surface area contributed by atoms with Crippen LogP contribution in [0.3, 0.4) is 0 Å². The van der Waals surface area contributed by atoms with E-state index in [4.69, 9.17) is 11.6 Å². The molecule has 2 aliphatic rings. The second-order valence-corrected chi connectivity index (χ2v) is 12.0. The molecule has 0 saturated carbocycles. The zero-order chi connectivity index (χ0) is 24.5. The number of fused-ring (bicyclic) bond motifs is 1. The second-order valence-electron chi connectivity index (χ2n) is 8.91. The van der Waals surface area contributed by atoms with Crippen LogP contribution in [0.15, 0.2) is 45.8 Å². The first-order chi connectivity index (χ1) is 16.2. The number of rotatable bonds is 7. The summed E-state index contributed by atoms with van der Waals surface area (Å²) in [4.78, 5) is 18.7. The molecule has 2 aromatic rings. The van der Waals surface area contributed by atoms with Crippen LogP contribution in [-0.4, -0.2) is 64.5 Å². The molecule has 4 rings (SSSR count). The van der Waals surface area contributed by atoms with E-state index in [1.165, 1.54) is 6.92 Å². The fourth-order valence-corrected chi connectivity index (χ4v) is 7.03. The third kappa shape index (κ3) is 5.60. The van der Waals surface area contributed by atoms with Crippen LogP contribution >= 0.6 is 27.5 Å². The molecule has 10 heteroatoms. The van der Waals surface area contributed by atoms with Gasteiger partial charge in [0.2, 0.25) is 15.9 Å². The second kappa shape index (κ2) is 10.5. The van der Waals surface area contributed by atoms with E-state index in [2.05, 4.69) is 36.5 Å². The highest BCUT2D eigenvalue weighted by Crippen LogP contribution is 2.40. The molecule has 0 bridgehead atoms. The molecule has 0 aromatic heterocycles. The lowest BCUT2D eigenvalue weighted by atomic mass is 10.1. The molecule has 1 amide bonds. The van der Waals surface area contributed by atoms with Crippen molar-refractivity contribution < 1.29 is 13.2 Å². The van der Waals surface area contributed by atoms with Gasteiger partial charge in [0, 0.05) is 60.9 Å². The zero-order valence-electron chi connectivity index (χ0n) is 19.4. The first-order valence-electron chi connectivity index (χ1n) is 11.5. The first kappa shape index (κ1) is 25.4. The van der Waals surface area contributed by atoms with Gasteiger partial charge in [0.05, 0.1) is 5.69 Å². The Morgan fingerprint density at radius 1 is 1.18 bits per heavy atom. The summed E-state index contributed by atoms with van der Waals surface area (Å²) in [5, 5.41) is 0.740. The number of benzene rings is 2.